The molecule has 1 aromatic heterocycles. The number of carbonyl (C=O) groups excluding carboxylic acids is 2. The zero-order valence-electron chi connectivity index (χ0n) is 18.5. The van der Waals surface area contributed by atoms with Gasteiger partial charge in [0, 0.05) is 13.7 Å². The summed E-state index contributed by atoms with van der Waals surface area (Å²) in [4.78, 5) is 28.1. The smallest absolute Gasteiger partial charge is 0.290 e. The van der Waals surface area contributed by atoms with Gasteiger partial charge in [-0.15, -0.1) is 11.3 Å². The van der Waals surface area contributed by atoms with Crippen LogP contribution in [0.4, 0.5) is 0 Å². The normalized spacial score (nSPS) is 15.9. The van der Waals surface area contributed by atoms with Crippen LogP contribution in [0.25, 0.3) is 0 Å². The third kappa shape index (κ3) is 4.84. The number of nitrogens with zero attached hydrogens (tertiary/aromatic N) is 1. The summed E-state index contributed by atoms with van der Waals surface area (Å²) in [7, 11) is 1.54. The maximum atomic E-state index is 13.2. The van der Waals surface area contributed by atoms with Crippen LogP contribution in [-0.2, 0) is 16.1 Å². The first-order valence-electron chi connectivity index (χ1n) is 10.6. The van der Waals surface area contributed by atoms with Gasteiger partial charge in [-0.05, 0) is 41.6 Å². The number of hydrogen-bond donors (Lipinski definition) is 1. The molecule has 33 heavy (non-hydrogen) atoms. The van der Waals surface area contributed by atoms with Crippen LogP contribution in [0.3, 0.4) is 0 Å². The van der Waals surface area contributed by atoms with Crippen molar-refractivity contribution in [3.8, 4) is 5.75 Å². The maximum absolute atomic E-state index is 13.2. The molecule has 0 spiro atoms. The quantitative estimate of drug-likeness (QED) is 0.459. The molecule has 170 valence electrons. The van der Waals surface area contributed by atoms with Gasteiger partial charge in [0.1, 0.15) is 12.4 Å². The second-order valence-corrected chi connectivity index (χ2v) is 8.76. The van der Waals surface area contributed by atoms with Crippen molar-refractivity contribution in [3.63, 3.8) is 0 Å². The summed E-state index contributed by atoms with van der Waals surface area (Å²) in [5, 5.41) is 12.5. The molecule has 7 heteroatoms. The molecule has 0 saturated heterocycles. The predicted octanol–water partition coefficient (Wildman–Crippen LogP) is 4.86. The summed E-state index contributed by atoms with van der Waals surface area (Å²) in [6.45, 7) is 2.94. The predicted molar refractivity (Wildman–Crippen MR) is 127 cm³/mol. The Morgan fingerprint density at radius 3 is 2.61 bits per heavy atom. The highest BCUT2D eigenvalue weighted by atomic mass is 32.1. The standard InChI is InChI=1S/C26H25NO5S/c1-17-8-10-18(11-9-17)16-32-20-6-3-5-19(15-20)23-22(24(28)21-7-4-14-33-21)25(29)26(30)27(23)12-13-31-2/h3-11,14-15,23,29H,12-13,16H2,1-2H3. The Bertz CT molecular complexity index is 1170. The van der Waals surface area contributed by atoms with Crippen LogP contribution in [0, 0.1) is 6.92 Å². The lowest BCUT2D eigenvalue weighted by Gasteiger charge is -2.26. The summed E-state index contributed by atoms with van der Waals surface area (Å²) in [5.41, 5.74) is 2.98. The summed E-state index contributed by atoms with van der Waals surface area (Å²) in [6.07, 6.45) is 0. The van der Waals surface area contributed by atoms with Crippen molar-refractivity contribution in [2.75, 3.05) is 20.3 Å². The molecular weight excluding hydrogens is 438 g/mol. The molecule has 0 fully saturated rings. The molecule has 0 saturated carbocycles. The fourth-order valence-corrected chi connectivity index (χ4v) is 4.50. The number of aryl methyl sites for hydroxylation is 1. The topological polar surface area (TPSA) is 76.1 Å². The molecule has 4 rings (SSSR count). The molecule has 6 nitrogen and oxygen atoms in total. The van der Waals surface area contributed by atoms with Gasteiger partial charge < -0.3 is 19.5 Å². The van der Waals surface area contributed by atoms with Crippen molar-refractivity contribution in [1.29, 1.82) is 0 Å². The van der Waals surface area contributed by atoms with Crippen LogP contribution in [0.2, 0.25) is 0 Å². The third-order valence-corrected chi connectivity index (χ3v) is 6.40. The van der Waals surface area contributed by atoms with E-state index >= 15 is 0 Å². The average molecular weight is 464 g/mol. The van der Waals surface area contributed by atoms with Gasteiger partial charge in [-0.25, -0.2) is 0 Å². The molecule has 0 radical (unpaired) electrons. The van der Waals surface area contributed by atoms with Gasteiger partial charge in [-0.3, -0.25) is 9.59 Å². The first-order valence-corrected chi connectivity index (χ1v) is 11.5. The van der Waals surface area contributed by atoms with E-state index in [0.29, 0.717) is 22.8 Å². The van der Waals surface area contributed by atoms with Crippen LogP contribution >= 0.6 is 11.3 Å². The number of rotatable bonds is 9. The van der Waals surface area contributed by atoms with Crippen LogP contribution in [-0.4, -0.2) is 42.0 Å². The Morgan fingerprint density at radius 2 is 1.91 bits per heavy atom. The highest BCUT2D eigenvalue weighted by Crippen LogP contribution is 2.40. The molecule has 1 N–H and O–H groups in total. The number of ether oxygens (including phenoxy) is 2. The number of methoxy groups -OCH3 is 1. The van der Waals surface area contributed by atoms with Crippen molar-refractivity contribution in [2.45, 2.75) is 19.6 Å². The molecule has 0 aliphatic carbocycles. The Morgan fingerprint density at radius 1 is 1.12 bits per heavy atom. The number of aliphatic hydroxyl groups excluding tert-OH is 1. The third-order valence-electron chi connectivity index (χ3n) is 5.53. The summed E-state index contributed by atoms with van der Waals surface area (Å²) in [5.74, 6) is -0.836. The molecule has 2 aromatic carbocycles. The van der Waals surface area contributed by atoms with Gasteiger partial charge in [-0.1, -0.05) is 48.0 Å². The largest absolute Gasteiger partial charge is 0.503 e. The van der Waals surface area contributed by atoms with Crippen molar-refractivity contribution in [3.05, 3.63) is 98.9 Å². The highest BCUT2D eigenvalue weighted by Gasteiger charge is 2.43. The zero-order valence-corrected chi connectivity index (χ0v) is 19.3. The zero-order chi connectivity index (χ0) is 23.4. The summed E-state index contributed by atoms with van der Waals surface area (Å²) in [6, 6.07) is 18.1. The number of aliphatic hydroxyl groups is 1. The SMILES string of the molecule is COCCN1C(=O)C(O)=C(C(=O)c2cccs2)C1c1cccc(OCc2ccc(C)cc2)c1. The molecule has 1 unspecified atom stereocenters. The number of thiophene rings is 1. The van der Waals surface area contributed by atoms with E-state index in [4.69, 9.17) is 9.47 Å². The number of benzene rings is 2. The summed E-state index contributed by atoms with van der Waals surface area (Å²) < 4.78 is 11.1. The molecular formula is C26H25NO5S. The molecule has 1 aliphatic rings. The van der Waals surface area contributed by atoms with E-state index in [1.165, 1.54) is 21.8 Å². The van der Waals surface area contributed by atoms with Crippen LogP contribution in [0.1, 0.15) is 32.4 Å². The number of amides is 1. The van der Waals surface area contributed by atoms with E-state index in [-0.39, 0.29) is 24.5 Å². The van der Waals surface area contributed by atoms with Crippen molar-refractivity contribution < 1.29 is 24.2 Å². The van der Waals surface area contributed by atoms with Crippen LogP contribution < -0.4 is 4.74 Å². The van der Waals surface area contributed by atoms with Gasteiger partial charge in [0.15, 0.2) is 5.76 Å². The minimum Gasteiger partial charge on any atom is -0.503 e. The highest BCUT2D eigenvalue weighted by molar-refractivity contribution is 7.12. The van der Waals surface area contributed by atoms with Crippen molar-refractivity contribution in [1.82, 2.24) is 4.90 Å². The van der Waals surface area contributed by atoms with E-state index in [0.717, 1.165) is 5.56 Å². The Kier molecular flexibility index (Phi) is 6.91. The van der Waals surface area contributed by atoms with E-state index in [2.05, 4.69) is 0 Å². The Labute approximate surface area is 196 Å². The van der Waals surface area contributed by atoms with E-state index in [9.17, 15) is 14.7 Å². The van der Waals surface area contributed by atoms with Crippen molar-refractivity contribution >= 4 is 23.0 Å². The fourth-order valence-electron chi connectivity index (χ4n) is 3.82. The van der Waals surface area contributed by atoms with Gasteiger partial charge in [0.25, 0.3) is 5.91 Å². The lowest BCUT2D eigenvalue weighted by molar-refractivity contribution is -0.130. The molecule has 1 amide bonds. The van der Waals surface area contributed by atoms with E-state index in [1.807, 2.05) is 55.5 Å². The number of Topliss-reactive ketones (excluding diaryl/α,β-unsaturated/α-hetero) is 1. The monoisotopic (exact) mass is 463 g/mol. The number of carbonyl (C=O) groups is 2. The lowest BCUT2D eigenvalue weighted by atomic mass is 9.95. The molecule has 1 aliphatic heterocycles. The molecule has 1 atom stereocenters. The first-order chi connectivity index (χ1) is 16.0. The minimum absolute atomic E-state index is 0.0780. The second-order valence-electron chi connectivity index (χ2n) is 7.81. The number of ketones is 1. The Hall–Kier alpha value is -3.42. The van der Waals surface area contributed by atoms with Crippen molar-refractivity contribution in [2.24, 2.45) is 0 Å². The van der Waals surface area contributed by atoms with Gasteiger partial charge in [-0.2, -0.15) is 0 Å². The average Bonchev–Trinajstić information content (AvgIpc) is 3.45. The van der Waals surface area contributed by atoms with E-state index < -0.39 is 17.7 Å². The minimum atomic E-state index is -0.731. The molecule has 2 heterocycles. The fraction of sp³-hybridized carbons (Fsp3) is 0.231. The maximum Gasteiger partial charge on any atom is 0.290 e. The lowest BCUT2D eigenvalue weighted by Crippen LogP contribution is -2.34. The molecule has 0 bridgehead atoms. The second kappa shape index (κ2) is 10.0. The van der Waals surface area contributed by atoms with E-state index in [1.54, 1.807) is 24.6 Å². The van der Waals surface area contributed by atoms with Crippen LogP contribution in [0.5, 0.6) is 5.75 Å². The first kappa shape index (κ1) is 22.8. The molecule has 3 aromatic rings. The summed E-state index contributed by atoms with van der Waals surface area (Å²) >= 11 is 1.27. The van der Waals surface area contributed by atoms with Crippen LogP contribution in [0.15, 0.2) is 77.4 Å². The van der Waals surface area contributed by atoms with Gasteiger partial charge >= 0.3 is 0 Å². The van der Waals surface area contributed by atoms with Gasteiger partial charge in [0.2, 0.25) is 5.78 Å². The Balaban J connectivity index is 1.65. The number of hydrogen-bond acceptors (Lipinski definition) is 6. The van der Waals surface area contributed by atoms with Gasteiger partial charge in [0.05, 0.1) is 23.1 Å².